The monoisotopic (exact) mass is 238 g/mol. The van der Waals surface area contributed by atoms with Gasteiger partial charge in [-0.05, 0) is 24.3 Å². The molecule has 0 spiro atoms. The van der Waals surface area contributed by atoms with E-state index in [-0.39, 0.29) is 0 Å². The van der Waals surface area contributed by atoms with E-state index in [9.17, 15) is 9.00 Å². The molecular weight excluding hydrogens is 224 g/mol. The highest BCUT2D eigenvalue weighted by atomic mass is 32.2. The van der Waals surface area contributed by atoms with Crippen molar-refractivity contribution >= 4 is 22.4 Å². The van der Waals surface area contributed by atoms with Crippen LogP contribution < -0.4 is 10.6 Å². The molecule has 2 rings (SSSR count). The topological polar surface area (TPSA) is 63.4 Å². The third kappa shape index (κ3) is 2.41. The molecule has 1 aliphatic rings. The summed E-state index contributed by atoms with van der Waals surface area (Å²) >= 11 is 0. The number of carbonyl (C=O) groups is 1. The Morgan fingerprint density at radius 3 is 2.25 bits per heavy atom. The van der Waals surface area contributed by atoms with E-state index >= 15 is 0 Å². The van der Waals surface area contributed by atoms with Crippen LogP contribution in [0, 0.1) is 0 Å². The van der Waals surface area contributed by atoms with Gasteiger partial charge in [0, 0.05) is 46.6 Å². The van der Waals surface area contributed by atoms with Crippen LogP contribution in [0.25, 0.3) is 0 Å². The van der Waals surface area contributed by atoms with E-state index in [4.69, 9.17) is 5.73 Å². The molecule has 4 nitrogen and oxygen atoms in total. The van der Waals surface area contributed by atoms with Gasteiger partial charge >= 0.3 is 0 Å². The molecule has 0 aromatic heterocycles. The summed E-state index contributed by atoms with van der Waals surface area (Å²) in [5.41, 5.74) is 6.74. The molecule has 2 N–H and O–H groups in total. The van der Waals surface area contributed by atoms with Crippen molar-refractivity contribution in [3.8, 4) is 0 Å². The first-order valence-corrected chi connectivity index (χ1v) is 6.65. The summed E-state index contributed by atoms with van der Waals surface area (Å²) < 4.78 is 11.2. The molecule has 86 valence electrons. The number of amides is 1. The first-order valence-electron chi connectivity index (χ1n) is 5.16. The number of rotatable bonds is 2. The number of carbonyl (C=O) groups excluding carboxylic acids is 1. The summed E-state index contributed by atoms with van der Waals surface area (Å²) in [6.45, 7) is 1.62. The van der Waals surface area contributed by atoms with E-state index in [0.29, 0.717) is 5.56 Å². The van der Waals surface area contributed by atoms with Crippen LogP contribution in [0.2, 0.25) is 0 Å². The quantitative estimate of drug-likeness (QED) is 0.809. The van der Waals surface area contributed by atoms with Crippen molar-refractivity contribution in [3.05, 3.63) is 29.8 Å². The lowest BCUT2D eigenvalue weighted by atomic mass is 10.2. The van der Waals surface area contributed by atoms with Crippen LogP contribution in [0.4, 0.5) is 5.69 Å². The summed E-state index contributed by atoms with van der Waals surface area (Å²) in [5.74, 6) is 1.03. The minimum atomic E-state index is -0.662. The van der Waals surface area contributed by atoms with Gasteiger partial charge in [-0.3, -0.25) is 9.00 Å². The van der Waals surface area contributed by atoms with E-state index in [2.05, 4.69) is 4.90 Å². The lowest BCUT2D eigenvalue weighted by molar-refractivity contribution is 0.100. The van der Waals surface area contributed by atoms with Crippen molar-refractivity contribution in [1.82, 2.24) is 0 Å². The Morgan fingerprint density at radius 1 is 1.19 bits per heavy atom. The Labute approximate surface area is 96.9 Å². The molecule has 0 unspecified atom stereocenters. The van der Waals surface area contributed by atoms with Gasteiger partial charge in [0.1, 0.15) is 0 Å². The van der Waals surface area contributed by atoms with Gasteiger partial charge in [0.05, 0.1) is 0 Å². The number of hydrogen-bond acceptors (Lipinski definition) is 3. The number of benzene rings is 1. The lowest BCUT2D eigenvalue weighted by Gasteiger charge is -2.28. The number of nitrogens with two attached hydrogens (primary N) is 1. The largest absolute Gasteiger partial charge is 0.370 e. The van der Waals surface area contributed by atoms with E-state index in [1.165, 1.54) is 0 Å². The zero-order valence-corrected chi connectivity index (χ0v) is 9.70. The fourth-order valence-corrected chi connectivity index (χ4v) is 2.78. The molecule has 16 heavy (non-hydrogen) atoms. The van der Waals surface area contributed by atoms with Crippen molar-refractivity contribution in [2.24, 2.45) is 5.73 Å². The molecule has 1 aliphatic heterocycles. The summed E-state index contributed by atoms with van der Waals surface area (Å²) in [5, 5.41) is 0. The van der Waals surface area contributed by atoms with Gasteiger partial charge in [-0.25, -0.2) is 0 Å². The standard InChI is InChI=1S/C11H14N2O2S/c12-11(14)9-1-3-10(4-2-9)13-5-7-16(15)8-6-13/h1-4H,5-8H2,(H2,12,14). The van der Waals surface area contributed by atoms with E-state index < -0.39 is 16.7 Å². The van der Waals surface area contributed by atoms with Crippen molar-refractivity contribution in [1.29, 1.82) is 0 Å². The van der Waals surface area contributed by atoms with Crippen LogP contribution in [0.15, 0.2) is 24.3 Å². The maximum absolute atomic E-state index is 11.2. The third-order valence-corrected chi connectivity index (χ3v) is 3.97. The van der Waals surface area contributed by atoms with E-state index in [1.54, 1.807) is 12.1 Å². The third-order valence-electron chi connectivity index (χ3n) is 2.69. The van der Waals surface area contributed by atoms with Crippen LogP contribution in [0.1, 0.15) is 10.4 Å². The van der Waals surface area contributed by atoms with Gasteiger partial charge in [0.15, 0.2) is 0 Å². The second-order valence-electron chi connectivity index (χ2n) is 3.75. The zero-order valence-electron chi connectivity index (χ0n) is 8.89. The van der Waals surface area contributed by atoms with Gasteiger partial charge in [-0.1, -0.05) is 0 Å². The van der Waals surface area contributed by atoms with Crippen LogP contribution in [0.3, 0.4) is 0 Å². The predicted octanol–water partition coefficient (Wildman–Crippen LogP) is 0.354. The number of anilines is 1. The Morgan fingerprint density at radius 2 is 1.75 bits per heavy atom. The molecular formula is C11H14N2O2S. The molecule has 1 aromatic carbocycles. The lowest BCUT2D eigenvalue weighted by Crippen LogP contribution is -2.37. The second kappa shape index (κ2) is 4.65. The summed E-state index contributed by atoms with van der Waals surface area (Å²) in [6, 6.07) is 7.22. The van der Waals surface area contributed by atoms with E-state index in [1.807, 2.05) is 12.1 Å². The van der Waals surface area contributed by atoms with Crippen molar-refractivity contribution in [2.75, 3.05) is 29.5 Å². The van der Waals surface area contributed by atoms with Gasteiger partial charge in [-0.2, -0.15) is 0 Å². The Kier molecular flexibility index (Phi) is 3.24. The molecule has 1 saturated heterocycles. The SMILES string of the molecule is NC(=O)c1ccc(N2CCS(=O)CC2)cc1. The highest BCUT2D eigenvalue weighted by Crippen LogP contribution is 2.16. The number of nitrogens with zero attached hydrogens (tertiary/aromatic N) is 1. The molecule has 1 fully saturated rings. The maximum Gasteiger partial charge on any atom is 0.248 e. The molecule has 0 atom stereocenters. The molecule has 5 heteroatoms. The molecule has 0 radical (unpaired) electrons. The molecule has 0 aliphatic carbocycles. The van der Waals surface area contributed by atoms with Crippen molar-refractivity contribution in [3.63, 3.8) is 0 Å². The van der Waals surface area contributed by atoms with Gasteiger partial charge < -0.3 is 10.6 Å². The van der Waals surface area contributed by atoms with Crippen LogP contribution in [-0.4, -0.2) is 34.7 Å². The van der Waals surface area contributed by atoms with Crippen LogP contribution in [-0.2, 0) is 10.8 Å². The highest BCUT2D eigenvalue weighted by molar-refractivity contribution is 7.85. The summed E-state index contributed by atoms with van der Waals surface area (Å²) in [7, 11) is -0.662. The highest BCUT2D eigenvalue weighted by Gasteiger charge is 2.15. The molecule has 1 heterocycles. The fraction of sp³-hybridized carbons (Fsp3) is 0.364. The number of primary amides is 1. The van der Waals surface area contributed by atoms with Crippen molar-refractivity contribution < 1.29 is 9.00 Å². The minimum absolute atomic E-state index is 0.411. The number of hydrogen-bond donors (Lipinski definition) is 1. The summed E-state index contributed by atoms with van der Waals surface area (Å²) in [6.07, 6.45) is 0. The smallest absolute Gasteiger partial charge is 0.248 e. The molecule has 1 amide bonds. The van der Waals surface area contributed by atoms with E-state index in [0.717, 1.165) is 30.3 Å². The average molecular weight is 238 g/mol. The van der Waals surface area contributed by atoms with Crippen molar-refractivity contribution in [2.45, 2.75) is 0 Å². The molecule has 0 saturated carbocycles. The zero-order chi connectivity index (χ0) is 11.5. The molecule has 1 aromatic rings. The normalized spacial score (nSPS) is 17.4. The Hall–Kier alpha value is -1.36. The van der Waals surface area contributed by atoms with Crippen LogP contribution in [0.5, 0.6) is 0 Å². The fourth-order valence-electron chi connectivity index (χ4n) is 1.73. The first kappa shape index (κ1) is 11.1. The molecule has 0 bridgehead atoms. The minimum Gasteiger partial charge on any atom is -0.370 e. The Balaban J connectivity index is 2.10. The van der Waals surface area contributed by atoms with Gasteiger partial charge in [0.2, 0.25) is 5.91 Å². The first-order chi connectivity index (χ1) is 7.66. The summed E-state index contributed by atoms with van der Waals surface area (Å²) in [4.78, 5) is 13.1. The predicted molar refractivity (Wildman–Crippen MR) is 65.0 cm³/mol. The maximum atomic E-state index is 11.2. The average Bonchev–Trinajstić information content (AvgIpc) is 2.30. The van der Waals surface area contributed by atoms with Gasteiger partial charge in [0.25, 0.3) is 0 Å². The second-order valence-corrected chi connectivity index (χ2v) is 5.44. The Bertz CT molecular complexity index is 406. The van der Waals surface area contributed by atoms with Gasteiger partial charge in [-0.15, -0.1) is 0 Å². The van der Waals surface area contributed by atoms with Crippen LogP contribution >= 0.6 is 0 Å².